The summed E-state index contributed by atoms with van der Waals surface area (Å²) in [7, 11) is 0. The molecule has 0 spiro atoms. The van der Waals surface area contributed by atoms with Crippen molar-refractivity contribution < 1.29 is 18.7 Å². The Labute approximate surface area is 182 Å². The summed E-state index contributed by atoms with van der Waals surface area (Å²) in [5, 5.41) is 11.2. The molecule has 0 radical (unpaired) electrons. The summed E-state index contributed by atoms with van der Waals surface area (Å²) in [6.07, 6.45) is 0.526. The lowest BCUT2D eigenvalue weighted by atomic mass is 10.2. The predicted octanol–water partition coefficient (Wildman–Crippen LogP) is 1.59. The molecule has 0 unspecified atom stereocenters. The molecule has 0 bridgehead atoms. The second-order valence-corrected chi connectivity index (χ2v) is 8.07. The van der Waals surface area contributed by atoms with Gasteiger partial charge in [-0.1, -0.05) is 0 Å². The molecule has 3 heterocycles. The van der Waals surface area contributed by atoms with Crippen molar-refractivity contribution in [2.75, 3.05) is 41.7 Å². The van der Waals surface area contributed by atoms with E-state index in [1.807, 2.05) is 10.4 Å². The van der Waals surface area contributed by atoms with Gasteiger partial charge >= 0.3 is 6.09 Å². The number of carbonyl (C=O) groups is 2. The van der Waals surface area contributed by atoms with Crippen molar-refractivity contribution in [1.82, 2.24) is 15.3 Å². The fourth-order valence-corrected chi connectivity index (χ4v) is 3.91. The molecule has 1 aromatic heterocycles. The van der Waals surface area contributed by atoms with Crippen LogP contribution in [0, 0.1) is 5.82 Å². The molecule has 164 valence electrons. The predicted molar refractivity (Wildman–Crippen MR) is 115 cm³/mol. The van der Waals surface area contributed by atoms with Gasteiger partial charge in [0.1, 0.15) is 18.3 Å². The van der Waals surface area contributed by atoms with E-state index in [0.717, 1.165) is 5.69 Å². The highest BCUT2D eigenvalue weighted by Gasteiger charge is 2.33. The average molecular weight is 447 g/mol. The van der Waals surface area contributed by atoms with Gasteiger partial charge in [-0.25, -0.2) is 14.2 Å². The van der Waals surface area contributed by atoms with Crippen LogP contribution in [0.15, 0.2) is 28.7 Å². The van der Waals surface area contributed by atoms with E-state index in [2.05, 4.69) is 15.4 Å². The van der Waals surface area contributed by atoms with Crippen molar-refractivity contribution in [3.05, 3.63) is 35.1 Å². The third-order valence-electron chi connectivity index (χ3n) is 4.87. The molecule has 10 nitrogen and oxygen atoms in total. The molecule has 0 aliphatic carbocycles. The van der Waals surface area contributed by atoms with Crippen molar-refractivity contribution >= 4 is 46.2 Å². The van der Waals surface area contributed by atoms with Crippen LogP contribution < -0.4 is 20.9 Å². The Morgan fingerprint density at radius 3 is 2.90 bits per heavy atom. The van der Waals surface area contributed by atoms with Gasteiger partial charge in [0.2, 0.25) is 5.91 Å². The molecule has 2 aromatic rings. The first kappa shape index (κ1) is 20.8. The van der Waals surface area contributed by atoms with Crippen LogP contribution in [-0.4, -0.2) is 60.6 Å². The van der Waals surface area contributed by atoms with E-state index in [4.69, 9.17) is 10.5 Å². The summed E-state index contributed by atoms with van der Waals surface area (Å²) >= 11 is 1.38. The Balaban J connectivity index is 1.39. The molecule has 31 heavy (non-hydrogen) atoms. The van der Waals surface area contributed by atoms with Gasteiger partial charge in [0, 0.05) is 18.8 Å². The van der Waals surface area contributed by atoms with Crippen LogP contribution in [0.1, 0.15) is 12.6 Å². The largest absolute Gasteiger partial charge is 0.442 e. The maximum atomic E-state index is 14.8. The number of ether oxygens (including phenoxy) is 1. The molecule has 1 fully saturated rings. The number of amides is 2. The van der Waals surface area contributed by atoms with Gasteiger partial charge < -0.3 is 20.7 Å². The van der Waals surface area contributed by atoms with E-state index in [-0.39, 0.29) is 19.0 Å². The number of anilines is 3. The number of hydrazone groups is 1. The molecule has 1 atom stereocenters. The van der Waals surface area contributed by atoms with Crippen LogP contribution in [-0.2, 0) is 16.1 Å². The fraction of sp³-hybridized carbons (Fsp3) is 0.368. The van der Waals surface area contributed by atoms with Crippen LogP contribution in [0.2, 0.25) is 0 Å². The molecule has 0 saturated carbocycles. The van der Waals surface area contributed by atoms with Crippen molar-refractivity contribution in [3.8, 4) is 0 Å². The van der Waals surface area contributed by atoms with Gasteiger partial charge in [-0.3, -0.25) is 14.7 Å². The Morgan fingerprint density at radius 1 is 1.42 bits per heavy atom. The quantitative estimate of drug-likeness (QED) is 0.691. The van der Waals surface area contributed by atoms with E-state index in [1.165, 1.54) is 29.2 Å². The number of nitrogens with one attached hydrogen (secondary N) is 1. The number of thiazole rings is 1. The zero-order valence-electron chi connectivity index (χ0n) is 16.8. The lowest BCUT2D eigenvalue weighted by Crippen LogP contribution is -2.38. The molecule has 2 amide bonds. The van der Waals surface area contributed by atoms with E-state index in [1.54, 1.807) is 23.4 Å². The summed E-state index contributed by atoms with van der Waals surface area (Å²) in [4.78, 5) is 30.5. The Kier molecular flexibility index (Phi) is 5.89. The zero-order chi connectivity index (χ0) is 22.0. The first-order chi connectivity index (χ1) is 14.9. The maximum absolute atomic E-state index is 14.8. The number of halogens is 1. The normalized spacial score (nSPS) is 18.5. The Hall–Kier alpha value is -3.41. The van der Waals surface area contributed by atoms with Crippen molar-refractivity contribution in [2.24, 2.45) is 5.10 Å². The third-order valence-corrected chi connectivity index (χ3v) is 5.60. The first-order valence-electron chi connectivity index (χ1n) is 9.67. The van der Waals surface area contributed by atoms with Crippen molar-refractivity contribution in [1.29, 1.82) is 0 Å². The van der Waals surface area contributed by atoms with Crippen LogP contribution >= 0.6 is 11.3 Å². The summed E-state index contributed by atoms with van der Waals surface area (Å²) in [5.74, 6) is -0.676. The first-order valence-corrected chi connectivity index (χ1v) is 10.5. The lowest BCUT2D eigenvalue weighted by Gasteiger charge is -2.30. The highest BCUT2D eigenvalue weighted by molar-refractivity contribution is 7.13. The summed E-state index contributed by atoms with van der Waals surface area (Å²) in [6, 6.07) is 4.58. The molecule has 2 aliphatic heterocycles. The van der Waals surface area contributed by atoms with Crippen LogP contribution in [0.4, 0.5) is 25.7 Å². The summed E-state index contributed by atoms with van der Waals surface area (Å²) in [5.41, 5.74) is 7.26. The van der Waals surface area contributed by atoms with E-state index >= 15 is 0 Å². The number of carbonyl (C=O) groups excluding carboxylic acids is 2. The number of rotatable bonds is 6. The van der Waals surface area contributed by atoms with Crippen molar-refractivity contribution in [2.45, 2.75) is 19.6 Å². The number of cyclic esters (lactones) is 1. The SMILES string of the molecule is CC(=O)NC[C@H]1CN(c2ccc(N3C=NN(Cc4csc(N)n4)CC3)c(F)c2)C(=O)O1. The minimum Gasteiger partial charge on any atom is -0.442 e. The minimum atomic E-state index is -0.569. The number of hydrogen-bond acceptors (Lipinski definition) is 9. The fourth-order valence-electron chi connectivity index (χ4n) is 3.35. The van der Waals surface area contributed by atoms with Gasteiger partial charge in [0.05, 0.1) is 43.2 Å². The van der Waals surface area contributed by atoms with E-state index in [9.17, 15) is 14.0 Å². The molecule has 4 rings (SSSR count). The number of nitrogens with zero attached hydrogens (tertiary/aromatic N) is 5. The molecule has 3 N–H and O–H groups in total. The number of nitrogen functional groups attached to an aromatic ring is 1. The van der Waals surface area contributed by atoms with Crippen molar-refractivity contribution in [3.63, 3.8) is 0 Å². The number of benzene rings is 1. The standard InChI is InChI=1S/C19H22FN7O3S/c1-12(28)22-7-15-9-27(19(29)30-15)14-2-3-17(16(20)6-14)25-4-5-26(23-11-25)8-13-10-31-18(21)24-13/h2-3,6,10-11,15H,4-5,7-9H2,1H3,(H2,21,24)(H,22,28)/t15-/m0/s1. The molecular formula is C19H22FN7O3S. The number of hydrogen-bond donors (Lipinski definition) is 2. The highest BCUT2D eigenvalue weighted by atomic mass is 32.1. The Bertz CT molecular complexity index is 1010. The van der Waals surface area contributed by atoms with Gasteiger partial charge in [-0.05, 0) is 18.2 Å². The second-order valence-electron chi connectivity index (χ2n) is 7.18. The van der Waals surface area contributed by atoms with Gasteiger partial charge in [-0.15, -0.1) is 11.3 Å². The van der Waals surface area contributed by atoms with Gasteiger partial charge in [-0.2, -0.15) is 5.10 Å². The monoisotopic (exact) mass is 447 g/mol. The topological polar surface area (TPSA) is 116 Å². The lowest BCUT2D eigenvalue weighted by molar-refractivity contribution is -0.119. The highest BCUT2D eigenvalue weighted by Crippen LogP contribution is 2.28. The number of nitrogens with two attached hydrogens (primary N) is 1. The zero-order valence-corrected chi connectivity index (χ0v) is 17.6. The third kappa shape index (κ3) is 4.85. The van der Waals surface area contributed by atoms with Crippen LogP contribution in [0.5, 0.6) is 0 Å². The molecule has 1 aromatic carbocycles. The van der Waals surface area contributed by atoms with Crippen LogP contribution in [0.25, 0.3) is 0 Å². The number of aromatic nitrogens is 1. The molecule has 12 heteroatoms. The van der Waals surface area contributed by atoms with Crippen LogP contribution in [0.3, 0.4) is 0 Å². The van der Waals surface area contributed by atoms with Gasteiger partial charge in [0.15, 0.2) is 5.13 Å². The summed E-state index contributed by atoms with van der Waals surface area (Å²) in [6.45, 7) is 3.52. The average Bonchev–Trinajstić information content (AvgIpc) is 3.32. The molecule has 2 aliphatic rings. The Morgan fingerprint density at radius 2 is 2.26 bits per heavy atom. The van der Waals surface area contributed by atoms with E-state index < -0.39 is 18.0 Å². The minimum absolute atomic E-state index is 0.206. The smallest absolute Gasteiger partial charge is 0.414 e. The summed E-state index contributed by atoms with van der Waals surface area (Å²) < 4.78 is 20.1. The molecule has 1 saturated heterocycles. The second kappa shape index (κ2) is 8.76. The molecular weight excluding hydrogens is 425 g/mol. The maximum Gasteiger partial charge on any atom is 0.414 e. The van der Waals surface area contributed by atoms with E-state index in [0.29, 0.717) is 36.1 Å². The van der Waals surface area contributed by atoms with Gasteiger partial charge in [0.25, 0.3) is 0 Å².